The molecule has 0 aromatic carbocycles. The minimum Gasteiger partial charge on any atom is -0.471 e. The molecule has 3 heteroatoms. The van der Waals surface area contributed by atoms with Gasteiger partial charge in [0.15, 0.2) is 0 Å². The van der Waals surface area contributed by atoms with E-state index in [9.17, 15) is 4.79 Å². The first kappa shape index (κ1) is 10.4. The van der Waals surface area contributed by atoms with Crippen molar-refractivity contribution >= 4 is 5.97 Å². The number of ether oxygens (including phenoxy) is 1. The number of allylic oxidation sites excluding steroid dienone is 3. The zero-order chi connectivity index (χ0) is 9.40. The summed E-state index contributed by atoms with van der Waals surface area (Å²) in [5.74, 6) is -0.564. The molecule has 0 heterocycles. The Labute approximate surface area is 72.2 Å². The molecule has 12 heavy (non-hydrogen) atoms. The average Bonchev–Trinajstić information content (AvgIpc) is 2.06. The van der Waals surface area contributed by atoms with Crippen LogP contribution in [0.25, 0.3) is 4.85 Å². The molecule has 3 nitrogen and oxygen atoms in total. The molecule has 0 N–H and O–H groups in total. The monoisotopic (exact) mass is 165 g/mol. The summed E-state index contributed by atoms with van der Waals surface area (Å²) < 4.78 is 4.64. The standard InChI is InChI=1S/C9H11NO2/c1-4-6-7-8(10-3)9(11)12-5-2/h4,6-7H,5H2,1-2H3/b6-4+,8-7+. The van der Waals surface area contributed by atoms with Crippen LogP contribution >= 0.6 is 0 Å². The summed E-state index contributed by atoms with van der Waals surface area (Å²) in [7, 11) is 0. The quantitative estimate of drug-likeness (QED) is 0.277. The topological polar surface area (TPSA) is 30.7 Å². The second-order valence-electron chi connectivity index (χ2n) is 1.91. The number of carbonyl (C=O) groups is 1. The molecule has 0 aromatic rings. The first-order valence-electron chi connectivity index (χ1n) is 3.63. The molecular formula is C9H11NO2. The highest BCUT2D eigenvalue weighted by Gasteiger charge is 2.07. The van der Waals surface area contributed by atoms with Crippen molar-refractivity contribution in [3.05, 3.63) is 35.3 Å². The van der Waals surface area contributed by atoms with Crippen LogP contribution < -0.4 is 0 Å². The molecule has 0 unspecified atom stereocenters. The fourth-order valence-corrected chi connectivity index (χ4v) is 0.543. The lowest BCUT2D eigenvalue weighted by molar-refractivity contribution is -0.138. The maximum atomic E-state index is 10.9. The van der Waals surface area contributed by atoms with Crippen LogP contribution in [0.3, 0.4) is 0 Å². The van der Waals surface area contributed by atoms with Gasteiger partial charge >= 0.3 is 5.97 Å². The fraction of sp³-hybridized carbons (Fsp3) is 0.333. The Bertz CT molecular complexity index is 246. The van der Waals surface area contributed by atoms with Gasteiger partial charge in [0.2, 0.25) is 0 Å². The van der Waals surface area contributed by atoms with Crippen molar-refractivity contribution < 1.29 is 9.53 Å². The third kappa shape index (κ3) is 3.57. The highest BCUT2D eigenvalue weighted by Crippen LogP contribution is 2.00. The molecule has 0 atom stereocenters. The summed E-state index contributed by atoms with van der Waals surface area (Å²) in [4.78, 5) is 14.0. The van der Waals surface area contributed by atoms with E-state index in [-0.39, 0.29) is 5.70 Å². The van der Waals surface area contributed by atoms with E-state index in [1.807, 2.05) is 6.92 Å². The second kappa shape index (κ2) is 6.17. The van der Waals surface area contributed by atoms with Gasteiger partial charge in [0.05, 0.1) is 13.2 Å². The van der Waals surface area contributed by atoms with Gasteiger partial charge in [-0.1, -0.05) is 12.2 Å². The smallest absolute Gasteiger partial charge is 0.336 e. The third-order valence-corrected chi connectivity index (χ3v) is 1.05. The van der Waals surface area contributed by atoms with Crippen LogP contribution in [0.1, 0.15) is 13.8 Å². The molecule has 0 saturated heterocycles. The largest absolute Gasteiger partial charge is 0.471 e. The summed E-state index contributed by atoms with van der Waals surface area (Å²) >= 11 is 0. The van der Waals surface area contributed by atoms with Crippen LogP contribution in [0.15, 0.2) is 23.9 Å². The van der Waals surface area contributed by atoms with Crippen molar-refractivity contribution in [3.8, 4) is 0 Å². The van der Waals surface area contributed by atoms with Crippen molar-refractivity contribution in [2.75, 3.05) is 6.61 Å². The summed E-state index contributed by atoms with van der Waals surface area (Å²) in [5.41, 5.74) is 0.00921. The summed E-state index contributed by atoms with van der Waals surface area (Å²) in [6, 6.07) is 0. The van der Waals surface area contributed by atoms with Gasteiger partial charge in [-0.05, 0) is 19.9 Å². The van der Waals surface area contributed by atoms with Gasteiger partial charge in [-0.15, -0.1) is 0 Å². The van der Waals surface area contributed by atoms with Crippen molar-refractivity contribution in [1.82, 2.24) is 0 Å². The van der Waals surface area contributed by atoms with Crippen LogP contribution in [0.4, 0.5) is 0 Å². The van der Waals surface area contributed by atoms with E-state index in [0.29, 0.717) is 6.61 Å². The minimum absolute atomic E-state index is 0.00921. The molecule has 0 aliphatic rings. The van der Waals surface area contributed by atoms with Gasteiger partial charge in [0.25, 0.3) is 5.70 Å². The zero-order valence-electron chi connectivity index (χ0n) is 7.20. The fourth-order valence-electron chi connectivity index (χ4n) is 0.543. The van der Waals surface area contributed by atoms with Crippen LogP contribution in [-0.2, 0) is 9.53 Å². The predicted octanol–water partition coefficient (Wildman–Crippen LogP) is 1.93. The summed E-state index contributed by atoms with van der Waals surface area (Å²) in [6.45, 7) is 10.5. The lowest BCUT2D eigenvalue weighted by atomic mass is 10.4. The number of nitrogens with zero attached hydrogens (tertiary/aromatic N) is 1. The van der Waals surface area contributed by atoms with Gasteiger partial charge in [-0.2, -0.15) is 0 Å². The van der Waals surface area contributed by atoms with E-state index in [2.05, 4.69) is 9.58 Å². The zero-order valence-corrected chi connectivity index (χ0v) is 7.20. The highest BCUT2D eigenvalue weighted by molar-refractivity contribution is 5.90. The van der Waals surface area contributed by atoms with Gasteiger partial charge in [-0.3, -0.25) is 4.79 Å². The summed E-state index contributed by atoms with van der Waals surface area (Å²) in [5, 5.41) is 0. The summed E-state index contributed by atoms with van der Waals surface area (Å²) in [6.07, 6.45) is 4.81. The SMILES string of the molecule is [C-]#[N+]/C(=C/C=C/C)C(=O)OCC. The van der Waals surface area contributed by atoms with E-state index >= 15 is 0 Å². The second-order valence-corrected chi connectivity index (χ2v) is 1.91. The molecule has 0 spiro atoms. The van der Waals surface area contributed by atoms with E-state index in [4.69, 9.17) is 6.57 Å². The molecule has 0 aromatic heterocycles. The van der Waals surface area contributed by atoms with Crippen LogP contribution in [0.5, 0.6) is 0 Å². The average molecular weight is 165 g/mol. The molecule has 0 fully saturated rings. The lowest BCUT2D eigenvalue weighted by Gasteiger charge is -1.97. The first-order valence-corrected chi connectivity index (χ1v) is 3.63. The highest BCUT2D eigenvalue weighted by atomic mass is 16.5. The molecule has 0 rings (SSSR count). The predicted molar refractivity (Wildman–Crippen MR) is 46.1 cm³/mol. The van der Waals surface area contributed by atoms with Crippen molar-refractivity contribution in [2.24, 2.45) is 0 Å². The maximum Gasteiger partial charge on any atom is 0.336 e. The van der Waals surface area contributed by atoms with Crippen molar-refractivity contribution in [3.63, 3.8) is 0 Å². The minimum atomic E-state index is -0.564. The van der Waals surface area contributed by atoms with E-state index in [1.54, 1.807) is 19.1 Å². The number of esters is 1. The van der Waals surface area contributed by atoms with Crippen molar-refractivity contribution in [1.29, 1.82) is 0 Å². The molecule has 64 valence electrons. The Hall–Kier alpha value is -1.56. The van der Waals surface area contributed by atoms with E-state index in [0.717, 1.165) is 0 Å². The molecule has 0 bridgehead atoms. The number of carbonyl (C=O) groups excluding carboxylic acids is 1. The maximum absolute atomic E-state index is 10.9. The number of hydrogen-bond donors (Lipinski definition) is 0. The Morgan fingerprint density at radius 1 is 1.67 bits per heavy atom. The molecule has 0 aliphatic carbocycles. The van der Waals surface area contributed by atoms with E-state index in [1.165, 1.54) is 6.08 Å². The molecule has 0 radical (unpaired) electrons. The molecular weight excluding hydrogens is 154 g/mol. The van der Waals surface area contributed by atoms with Crippen LogP contribution in [0.2, 0.25) is 0 Å². The van der Waals surface area contributed by atoms with Gasteiger partial charge in [0.1, 0.15) is 0 Å². The first-order chi connectivity index (χ1) is 5.76. The Morgan fingerprint density at radius 3 is 2.75 bits per heavy atom. The van der Waals surface area contributed by atoms with Gasteiger partial charge in [0, 0.05) is 0 Å². The normalized spacial score (nSPS) is 11.2. The lowest BCUT2D eigenvalue weighted by Crippen LogP contribution is -2.04. The molecule has 0 amide bonds. The van der Waals surface area contributed by atoms with Crippen molar-refractivity contribution in [2.45, 2.75) is 13.8 Å². The Balaban J connectivity index is 4.37. The Morgan fingerprint density at radius 2 is 2.33 bits per heavy atom. The molecule has 0 saturated carbocycles. The number of rotatable bonds is 3. The van der Waals surface area contributed by atoms with Crippen LogP contribution in [0, 0.1) is 6.57 Å². The van der Waals surface area contributed by atoms with Gasteiger partial charge in [-0.25, -0.2) is 4.85 Å². The van der Waals surface area contributed by atoms with Gasteiger partial charge < -0.3 is 4.74 Å². The van der Waals surface area contributed by atoms with E-state index < -0.39 is 5.97 Å². The van der Waals surface area contributed by atoms with Crippen LogP contribution in [-0.4, -0.2) is 12.6 Å². The number of hydrogen-bond acceptors (Lipinski definition) is 2. The Kier molecular flexibility index (Phi) is 5.37. The molecule has 0 aliphatic heterocycles. The third-order valence-electron chi connectivity index (χ3n) is 1.05.